The van der Waals surface area contributed by atoms with Gasteiger partial charge in [-0.15, -0.1) is 0 Å². The van der Waals surface area contributed by atoms with Crippen molar-refractivity contribution in [2.24, 2.45) is 0 Å². The van der Waals surface area contributed by atoms with E-state index in [9.17, 15) is 19.2 Å². The number of hydrogen-bond donors (Lipinski definition) is 0. The van der Waals surface area contributed by atoms with Crippen LogP contribution in [0.5, 0.6) is 0 Å². The molecule has 1 unspecified atom stereocenters. The summed E-state index contributed by atoms with van der Waals surface area (Å²) in [5.74, 6) is 0.320. The molecule has 3 aliphatic heterocycles. The van der Waals surface area contributed by atoms with Crippen LogP contribution in [0.25, 0.3) is 0 Å². The summed E-state index contributed by atoms with van der Waals surface area (Å²) in [5, 5.41) is 0. The standard InChI is InChI=1S/C14H25NO3.C12H19NO3.C4H8O/c1-6-10-8-12(16)9-11(7-2)15(10)13(17)18-14(3,4)5;1-5-9-8-10(14)6-7-13(9)11(15)16-12(2,3)4;1-2-4-5-3-1/h10-11H,6-9H2,1-5H3;6-7,9H,5,8H2,1-4H3;1-4H2/t10-,11+;;. The first kappa shape index (κ1) is 34.6. The molecule has 2 fully saturated rings. The van der Waals surface area contributed by atoms with E-state index in [2.05, 4.69) is 0 Å². The third kappa shape index (κ3) is 13.0. The van der Waals surface area contributed by atoms with Crippen molar-refractivity contribution < 1.29 is 33.4 Å². The minimum atomic E-state index is -0.509. The van der Waals surface area contributed by atoms with E-state index in [0.29, 0.717) is 19.3 Å². The van der Waals surface area contributed by atoms with E-state index in [1.165, 1.54) is 30.0 Å². The van der Waals surface area contributed by atoms with Gasteiger partial charge in [0.2, 0.25) is 0 Å². The van der Waals surface area contributed by atoms with Gasteiger partial charge >= 0.3 is 12.2 Å². The SMILES string of the molecule is C1CCOC1.CCC1CC(=O)C=CN1C(=O)OC(C)(C)C.CC[C@@H]1CC(=O)C[C@H](CC)N1C(=O)OC(C)(C)C. The molecule has 2 amide bonds. The van der Waals surface area contributed by atoms with Gasteiger partial charge < -0.3 is 19.1 Å². The Hall–Kier alpha value is -2.42. The summed E-state index contributed by atoms with van der Waals surface area (Å²) in [6, 6.07) is -0.0931. The molecule has 0 bridgehead atoms. The molecule has 0 aromatic carbocycles. The Kier molecular flexibility index (Phi) is 14.2. The van der Waals surface area contributed by atoms with Gasteiger partial charge in [0.05, 0.1) is 0 Å². The van der Waals surface area contributed by atoms with Crippen LogP contribution in [0.1, 0.15) is 114 Å². The Labute approximate surface area is 235 Å². The largest absolute Gasteiger partial charge is 0.444 e. The van der Waals surface area contributed by atoms with Crippen LogP contribution in [0.3, 0.4) is 0 Å². The highest BCUT2D eigenvalue weighted by Gasteiger charge is 2.38. The van der Waals surface area contributed by atoms with Crippen molar-refractivity contribution >= 4 is 23.8 Å². The highest BCUT2D eigenvalue weighted by atomic mass is 16.6. The van der Waals surface area contributed by atoms with E-state index in [1.54, 1.807) is 4.90 Å². The molecule has 9 heteroatoms. The lowest BCUT2D eigenvalue weighted by Crippen LogP contribution is -2.53. The van der Waals surface area contributed by atoms with E-state index < -0.39 is 11.2 Å². The Bertz CT molecular complexity index is 814. The third-order valence-electron chi connectivity index (χ3n) is 6.41. The molecule has 2 saturated heterocycles. The van der Waals surface area contributed by atoms with E-state index >= 15 is 0 Å². The lowest BCUT2D eigenvalue weighted by molar-refractivity contribution is -0.125. The topological polar surface area (TPSA) is 102 Å². The van der Waals surface area contributed by atoms with Crippen LogP contribution in [0.4, 0.5) is 9.59 Å². The molecule has 0 radical (unpaired) electrons. The molecule has 0 aromatic rings. The fourth-order valence-corrected chi connectivity index (χ4v) is 4.46. The number of likely N-dealkylation sites (tertiary alicyclic amines) is 1. The predicted octanol–water partition coefficient (Wildman–Crippen LogP) is 6.43. The van der Waals surface area contributed by atoms with Crippen molar-refractivity contribution in [3.63, 3.8) is 0 Å². The predicted molar refractivity (Wildman–Crippen MR) is 151 cm³/mol. The first-order valence-corrected chi connectivity index (χ1v) is 14.4. The summed E-state index contributed by atoms with van der Waals surface area (Å²) < 4.78 is 15.7. The molecule has 9 nitrogen and oxygen atoms in total. The first-order valence-electron chi connectivity index (χ1n) is 14.4. The van der Waals surface area contributed by atoms with Gasteiger partial charge in [-0.1, -0.05) is 20.8 Å². The number of Topliss-reactive ketones (excluding diaryl/α,β-unsaturated/α-hetero) is 1. The maximum atomic E-state index is 12.3. The first-order chi connectivity index (χ1) is 18.1. The average molecular weight is 553 g/mol. The number of carbonyl (C=O) groups excluding carboxylic acids is 4. The molecule has 0 aromatic heterocycles. The minimum absolute atomic E-state index is 0.00829. The van der Waals surface area contributed by atoms with Crippen LogP contribution in [0, 0.1) is 0 Å². The van der Waals surface area contributed by atoms with Crippen molar-refractivity contribution in [2.45, 2.75) is 143 Å². The molecule has 3 heterocycles. The molecular weight excluding hydrogens is 500 g/mol. The van der Waals surface area contributed by atoms with Gasteiger partial charge in [0.15, 0.2) is 5.78 Å². The molecule has 0 saturated carbocycles. The summed E-state index contributed by atoms with van der Waals surface area (Å²) in [6.07, 6.45) is 8.48. The number of hydrogen-bond acceptors (Lipinski definition) is 7. The van der Waals surface area contributed by atoms with Gasteiger partial charge in [0, 0.05) is 56.8 Å². The lowest BCUT2D eigenvalue weighted by Gasteiger charge is -2.41. The van der Waals surface area contributed by atoms with Gasteiger partial charge in [0.1, 0.15) is 17.0 Å². The monoisotopic (exact) mass is 552 g/mol. The summed E-state index contributed by atoms with van der Waals surface area (Å²) in [4.78, 5) is 50.3. The maximum absolute atomic E-state index is 12.3. The van der Waals surface area contributed by atoms with Crippen LogP contribution in [-0.2, 0) is 23.8 Å². The van der Waals surface area contributed by atoms with Crippen molar-refractivity contribution in [3.8, 4) is 0 Å². The lowest BCUT2D eigenvalue weighted by atomic mass is 9.92. The zero-order valence-corrected chi connectivity index (χ0v) is 25.7. The third-order valence-corrected chi connectivity index (χ3v) is 6.41. The Morgan fingerprint density at radius 2 is 1.26 bits per heavy atom. The minimum Gasteiger partial charge on any atom is -0.444 e. The van der Waals surface area contributed by atoms with Gasteiger partial charge in [-0.05, 0) is 79.7 Å². The molecule has 3 atom stereocenters. The average Bonchev–Trinajstić information content (AvgIpc) is 3.41. The molecule has 3 aliphatic rings. The Balaban J connectivity index is 0.000000331. The number of ketones is 2. The second-order valence-corrected chi connectivity index (χ2v) is 12.2. The zero-order valence-electron chi connectivity index (χ0n) is 25.7. The highest BCUT2D eigenvalue weighted by Crippen LogP contribution is 2.27. The summed E-state index contributed by atoms with van der Waals surface area (Å²) in [5.41, 5.74) is -1.00. The quantitative estimate of drug-likeness (QED) is 0.397. The fraction of sp³-hybridized carbons (Fsp3) is 0.800. The molecule has 39 heavy (non-hydrogen) atoms. The number of ether oxygens (including phenoxy) is 3. The summed E-state index contributed by atoms with van der Waals surface area (Å²) >= 11 is 0. The van der Waals surface area contributed by atoms with E-state index in [-0.39, 0.29) is 41.9 Å². The molecule has 0 spiro atoms. The van der Waals surface area contributed by atoms with Crippen molar-refractivity contribution in [1.82, 2.24) is 9.80 Å². The molecule has 224 valence electrons. The normalized spacial score (nSPS) is 23.4. The van der Waals surface area contributed by atoms with Crippen LogP contribution >= 0.6 is 0 Å². The van der Waals surface area contributed by atoms with Gasteiger partial charge in [-0.3, -0.25) is 14.5 Å². The van der Waals surface area contributed by atoms with Crippen LogP contribution in [0.15, 0.2) is 12.3 Å². The van der Waals surface area contributed by atoms with E-state index in [4.69, 9.17) is 14.2 Å². The Morgan fingerprint density at radius 3 is 1.64 bits per heavy atom. The second kappa shape index (κ2) is 16.0. The number of amides is 2. The Morgan fingerprint density at radius 1 is 0.795 bits per heavy atom. The zero-order chi connectivity index (χ0) is 29.8. The van der Waals surface area contributed by atoms with Crippen molar-refractivity contribution in [1.29, 1.82) is 0 Å². The van der Waals surface area contributed by atoms with Crippen LogP contribution in [0.2, 0.25) is 0 Å². The maximum Gasteiger partial charge on any atom is 0.414 e. The summed E-state index contributed by atoms with van der Waals surface area (Å²) in [7, 11) is 0. The number of allylic oxidation sites excluding steroid dienone is 1. The van der Waals surface area contributed by atoms with Gasteiger partial charge in [0.25, 0.3) is 0 Å². The number of piperidine rings is 1. The van der Waals surface area contributed by atoms with E-state index in [0.717, 1.165) is 32.5 Å². The molecule has 3 rings (SSSR count). The number of rotatable bonds is 3. The number of carbonyl (C=O) groups is 4. The number of nitrogens with zero attached hydrogens (tertiary/aromatic N) is 2. The second-order valence-electron chi connectivity index (χ2n) is 12.2. The van der Waals surface area contributed by atoms with Crippen molar-refractivity contribution in [2.75, 3.05) is 13.2 Å². The van der Waals surface area contributed by atoms with Gasteiger partial charge in [-0.2, -0.15) is 0 Å². The van der Waals surface area contributed by atoms with Gasteiger partial charge in [-0.25, -0.2) is 9.59 Å². The summed E-state index contributed by atoms with van der Waals surface area (Å²) in [6.45, 7) is 19.0. The highest BCUT2D eigenvalue weighted by molar-refractivity contribution is 5.92. The molecule has 0 N–H and O–H groups in total. The van der Waals surface area contributed by atoms with E-state index in [1.807, 2.05) is 62.3 Å². The van der Waals surface area contributed by atoms with Crippen molar-refractivity contribution in [3.05, 3.63) is 12.3 Å². The van der Waals surface area contributed by atoms with Crippen LogP contribution in [-0.4, -0.2) is 76.1 Å². The van der Waals surface area contributed by atoms with Crippen LogP contribution < -0.4 is 0 Å². The molecule has 0 aliphatic carbocycles. The molecular formula is C30H52N2O7. The smallest absolute Gasteiger partial charge is 0.414 e. The fourth-order valence-electron chi connectivity index (χ4n) is 4.46.